The maximum atomic E-state index is 13.4. The summed E-state index contributed by atoms with van der Waals surface area (Å²) in [5.41, 5.74) is 1.82. The number of carbonyl (C=O) groups is 4. The van der Waals surface area contributed by atoms with Gasteiger partial charge >= 0.3 is 5.97 Å². The molecule has 0 unspecified atom stereocenters. The lowest BCUT2D eigenvalue weighted by Crippen LogP contribution is -2.41. The lowest BCUT2D eigenvalue weighted by Gasteiger charge is -2.38. The van der Waals surface area contributed by atoms with Crippen LogP contribution in [-0.4, -0.2) is 46.1 Å². The molecule has 3 amide bonds. The maximum Gasteiger partial charge on any atom is 0.338 e. The minimum atomic E-state index is -0.762. The largest absolute Gasteiger partial charge is 0.512 e. The van der Waals surface area contributed by atoms with Crippen LogP contribution in [0, 0.1) is 0 Å². The van der Waals surface area contributed by atoms with Crippen molar-refractivity contribution in [1.82, 2.24) is 5.06 Å². The Balaban J connectivity index is 1.47. The fourth-order valence-electron chi connectivity index (χ4n) is 5.49. The first-order valence-corrected chi connectivity index (χ1v) is 13.8. The van der Waals surface area contributed by atoms with Crippen LogP contribution in [0.4, 0.5) is 5.69 Å². The molecule has 2 heterocycles. The smallest absolute Gasteiger partial charge is 0.338 e. The topological polar surface area (TPSA) is 122 Å². The van der Waals surface area contributed by atoms with E-state index < -0.39 is 41.8 Å². The van der Waals surface area contributed by atoms with Crippen LogP contribution in [0.15, 0.2) is 65.9 Å². The van der Waals surface area contributed by atoms with Crippen LogP contribution >= 0.6 is 0 Å². The van der Waals surface area contributed by atoms with Gasteiger partial charge in [0.15, 0.2) is 6.61 Å². The number of esters is 1. The molecule has 212 valence electrons. The number of nitrogens with zero attached hydrogens (tertiary/aromatic N) is 1. The minimum Gasteiger partial charge on any atom is -0.512 e. The van der Waals surface area contributed by atoms with E-state index in [2.05, 4.69) is 5.32 Å². The number of nitrogens with one attached hydrogen (secondary N) is 1. The number of carbonyl (C=O) groups excluding carboxylic acids is 4. The van der Waals surface area contributed by atoms with Crippen molar-refractivity contribution < 1.29 is 33.9 Å². The van der Waals surface area contributed by atoms with Crippen LogP contribution in [0.2, 0.25) is 0 Å². The molecule has 0 radical (unpaired) electrons. The minimum absolute atomic E-state index is 0.0485. The standard InChI is InChI=1S/C31H36N2O7/c1-3-16-31(17-15-21-9-6-5-7-10-21)19-25(34)29(30(38)40-31)24(4-2)22-11-8-12-23(18-22)32-26(35)20-39-33-27(36)13-14-28(33)37/h5-12,18,24,34H,3-4,13-17,19-20H2,1-2H3,(H,32,35)/t24-,31-/m1/s1. The van der Waals surface area contributed by atoms with E-state index >= 15 is 0 Å². The maximum absolute atomic E-state index is 13.4. The zero-order valence-electron chi connectivity index (χ0n) is 23.0. The number of anilines is 1. The van der Waals surface area contributed by atoms with Crippen molar-refractivity contribution in [3.8, 4) is 0 Å². The SMILES string of the molecule is CCC[C@@]1(CCc2ccccc2)CC(O)=C([C@H](CC)c2cccc(NC(=O)CON3C(=O)CCC3=O)c2)C(=O)O1. The van der Waals surface area contributed by atoms with Gasteiger partial charge in [0, 0.05) is 30.9 Å². The van der Waals surface area contributed by atoms with Gasteiger partial charge in [-0.05, 0) is 48.9 Å². The normalized spacial score (nSPS) is 20.1. The molecule has 2 N–H and O–H groups in total. The summed E-state index contributed by atoms with van der Waals surface area (Å²) in [6.45, 7) is 3.46. The summed E-state index contributed by atoms with van der Waals surface area (Å²) in [5, 5.41) is 14.6. The molecule has 2 atom stereocenters. The van der Waals surface area contributed by atoms with Gasteiger partial charge in [-0.2, -0.15) is 5.06 Å². The number of hydrogen-bond acceptors (Lipinski definition) is 7. The first-order valence-electron chi connectivity index (χ1n) is 13.8. The highest BCUT2D eigenvalue weighted by Gasteiger charge is 2.43. The van der Waals surface area contributed by atoms with Crippen molar-refractivity contribution >= 4 is 29.4 Å². The van der Waals surface area contributed by atoms with Gasteiger partial charge in [0.25, 0.3) is 17.7 Å². The number of amides is 3. The fourth-order valence-corrected chi connectivity index (χ4v) is 5.49. The van der Waals surface area contributed by atoms with E-state index in [-0.39, 0.29) is 30.6 Å². The highest BCUT2D eigenvalue weighted by Crippen LogP contribution is 2.42. The molecule has 2 aliphatic rings. The lowest BCUT2D eigenvalue weighted by atomic mass is 9.80. The molecule has 0 saturated carbocycles. The van der Waals surface area contributed by atoms with E-state index in [0.29, 0.717) is 30.0 Å². The van der Waals surface area contributed by atoms with Gasteiger partial charge in [-0.25, -0.2) is 4.79 Å². The molecule has 1 fully saturated rings. The van der Waals surface area contributed by atoms with Crippen molar-refractivity contribution in [3.05, 3.63) is 77.1 Å². The molecule has 2 aromatic carbocycles. The van der Waals surface area contributed by atoms with E-state index in [1.807, 2.05) is 50.2 Å². The first kappa shape index (κ1) is 29.0. The average molecular weight is 549 g/mol. The van der Waals surface area contributed by atoms with Gasteiger partial charge in [0.05, 0.1) is 5.57 Å². The van der Waals surface area contributed by atoms with Crippen LogP contribution in [0.25, 0.3) is 0 Å². The van der Waals surface area contributed by atoms with Crippen molar-refractivity contribution in [1.29, 1.82) is 0 Å². The number of cyclic esters (lactones) is 1. The Bertz CT molecular complexity index is 1270. The van der Waals surface area contributed by atoms with E-state index in [4.69, 9.17) is 9.57 Å². The highest BCUT2D eigenvalue weighted by atomic mass is 16.7. The molecule has 0 spiro atoms. The molecule has 4 rings (SSSR count). The molecule has 2 aliphatic heterocycles. The zero-order chi connectivity index (χ0) is 28.7. The van der Waals surface area contributed by atoms with Crippen molar-refractivity contribution in [2.75, 3.05) is 11.9 Å². The molecule has 1 saturated heterocycles. The summed E-state index contributed by atoms with van der Waals surface area (Å²) in [7, 11) is 0. The summed E-state index contributed by atoms with van der Waals surface area (Å²) in [4.78, 5) is 54.3. The Morgan fingerprint density at radius 2 is 1.77 bits per heavy atom. The highest BCUT2D eigenvalue weighted by molar-refractivity contribution is 6.01. The van der Waals surface area contributed by atoms with Gasteiger partial charge in [0.2, 0.25) is 0 Å². The van der Waals surface area contributed by atoms with Gasteiger partial charge in [-0.15, -0.1) is 0 Å². The second-order valence-electron chi connectivity index (χ2n) is 10.3. The fraction of sp³-hybridized carbons (Fsp3) is 0.419. The van der Waals surface area contributed by atoms with E-state index in [0.717, 1.165) is 24.0 Å². The number of rotatable bonds is 12. The molecule has 0 aliphatic carbocycles. The summed E-state index contributed by atoms with van der Waals surface area (Å²) in [6, 6.07) is 17.0. The number of hydrogen-bond donors (Lipinski definition) is 2. The molecular weight excluding hydrogens is 512 g/mol. The molecule has 9 nitrogen and oxygen atoms in total. The van der Waals surface area contributed by atoms with E-state index in [1.54, 1.807) is 18.2 Å². The van der Waals surface area contributed by atoms with Gasteiger partial charge in [-0.3, -0.25) is 19.2 Å². The van der Waals surface area contributed by atoms with Gasteiger partial charge < -0.3 is 15.2 Å². The third-order valence-corrected chi connectivity index (χ3v) is 7.41. The Hall–Kier alpha value is -3.98. The molecule has 9 heteroatoms. The first-order chi connectivity index (χ1) is 19.2. The van der Waals surface area contributed by atoms with Crippen LogP contribution in [-0.2, 0) is 35.2 Å². The lowest BCUT2D eigenvalue weighted by molar-refractivity contribution is -0.187. The third-order valence-electron chi connectivity index (χ3n) is 7.41. The number of imide groups is 1. The Morgan fingerprint density at radius 3 is 2.42 bits per heavy atom. The second-order valence-corrected chi connectivity index (χ2v) is 10.3. The molecule has 2 aromatic rings. The quantitative estimate of drug-likeness (QED) is 0.278. The second kappa shape index (κ2) is 12.9. The Morgan fingerprint density at radius 1 is 1.05 bits per heavy atom. The van der Waals surface area contributed by atoms with Crippen LogP contribution in [0.5, 0.6) is 0 Å². The van der Waals surface area contributed by atoms with Crippen molar-refractivity contribution in [2.45, 2.75) is 76.7 Å². The summed E-state index contributed by atoms with van der Waals surface area (Å²) >= 11 is 0. The number of hydroxylamine groups is 2. The van der Waals surface area contributed by atoms with E-state index in [1.165, 1.54) is 0 Å². The molecular formula is C31H36N2O7. The number of ether oxygens (including phenoxy) is 1. The number of aliphatic hydroxyl groups is 1. The predicted molar refractivity (Wildman–Crippen MR) is 148 cm³/mol. The molecule has 0 bridgehead atoms. The number of aliphatic hydroxyl groups excluding tert-OH is 1. The predicted octanol–water partition coefficient (Wildman–Crippen LogP) is 5.13. The summed E-state index contributed by atoms with van der Waals surface area (Å²) in [6.07, 6.45) is 3.73. The third kappa shape index (κ3) is 6.77. The Labute approximate surface area is 234 Å². The van der Waals surface area contributed by atoms with Gasteiger partial charge in [0.1, 0.15) is 11.4 Å². The monoisotopic (exact) mass is 548 g/mol. The molecule has 40 heavy (non-hydrogen) atoms. The average Bonchev–Trinajstić information content (AvgIpc) is 3.26. The van der Waals surface area contributed by atoms with Crippen LogP contribution < -0.4 is 5.32 Å². The number of benzene rings is 2. The van der Waals surface area contributed by atoms with Crippen molar-refractivity contribution in [3.63, 3.8) is 0 Å². The Kier molecular flexibility index (Phi) is 9.37. The van der Waals surface area contributed by atoms with Crippen molar-refractivity contribution in [2.24, 2.45) is 0 Å². The summed E-state index contributed by atoms with van der Waals surface area (Å²) < 4.78 is 6.11. The van der Waals surface area contributed by atoms with E-state index in [9.17, 15) is 24.3 Å². The van der Waals surface area contributed by atoms with Crippen LogP contribution in [0.3, 0.4) is 0 Å². The summed E-state index contributed by atoms with van der Waals surface area (Å²) in [5.74, 6) is -2.39. The van der Waals surface area contributed by atoms with Crippen LogP contribution in [0.1, 0.15) is 75.8 Å². The van der Waals surface area contributed by atoms with Gasteiger partial charge in [-0.1, -0.05) is 62.7 Å². The number of aryl methyl sites for hydroxylation is 1. The zero-order valence-corrected chi connectivity index (χ0v) is 23.0. The molecule has 0 aromatic heterocycles.